The predicted octanol–water partition coefficient (Wildman–Crippen LogP) is 3.53. The number of nitrogens with zero attached hydrogens (tertiary/aromatic N) is 1. The van der Waals surface area contributed by atoms with Crippen molar-refractivity contribution in [2.75, 3.05) is 11.1 Å². The average Bonchev–Trinajstić information content (AvgIpc) is 2.59. The SMILES string of the molecule is CCCSc1nc2c(c(=O)[nH]1)C(c1ccccc1OC(C)C)CC(=O)N2. The number of nitrogens with one attached hydrogen (secondary N) is 2. The van der Waals surface area contributed by atoms with Crippen molar-refractivity contribution in [1.29, 1.82) is 0 Å². The monoisotopic (exact) mass is 373 g/mol. The third-order valence-corrected chi connectivity index (χ3v) is 5.11. The molecule has 6 nitrogen and oxygen atoms in total. The van der Waals surface area contributed by atoms with Gasteiger partial charge in [-0.2, -0.15) is 0 Å². The molecule has 1 aromatic carbocycles. The lowest BCUT2D eigenvalue weighted by atomic mass is 9.86. The van der Waals surface area contributed by atoms with Crippen LogP contribution in [-0.2, 0) is 4.79 Å². The number of anilines is 1. The van der Waals surface area contributed by atoms with Crippen LogP contribution in [0.4, 0.5) is 5.82 Å². The minimum Gasteiger partial charge on any atom is -0.491 e. The highest BCUT2D eigenvalue weighted by Gasteiger charge is 2.32. The summed E-state index contributed by atoms with van der Waals surface area (Å²) in [5, 5.41) is 3.28. The van der Waals surface area contributed by atoms with Crippen molar-refractivity contribution in [2.45, 2.75) is 50.8 Å². The van der Waals surface area contributed by atoms with Gasteiger partial charge in [-0.3, -0.25) is 9.59 Å². The first-order valence-corrected chi connectivity index (χ1v) is 9.80. The second-order valence-electron chi connectivity index (χ2n) is 6.49. The minimum atomic E-state index is -0.379. The molecule has 0 bridgehead atoms. The number of aromatic nitrogens is 2. The molecule has 0 aliphatic carbocycles. The van der Waals surface area contributed by atoms with Crippen molar-refractivity contribution in [2.24, 2.45) is 0 Å². The number of H-pyrrole nitrogens is 1. The van der Waals surface area contributed by atoms with Crippen LogP contribution in [0.5, 0.6) is 5.75 Å². The second-order valence-corrected chi connectivity index (χ2v) is 7.57. The van der Waals surface area contributed by atoms with Crippen molar-refractivity contribution in [3.63, 3.8) is 0 Å². The molecule has 138 valence electrons. The summed E-state index contributed by atoms with van der Waals surface area (Å²) < 4.78 is 5.90. The predicted molar refractivity (Wildman–Crippen MR) is 103 cm³/mol. The van der Waals surface area contributed by atoms with Gasteiger partial charge >= 0.3 is 0 Å². The van der Waals surface area contributed by atoms with E-state index in [-0.39, 0.29) is 29.9 Å². The van der Waals surface area contributed by atoms with Crippen LogP contribution in [0.15, 0.2) is 34.2 Å². The first-order valence-electron chi connectivity index (χ1n) is 8.82. The molecule has 1 amide bonds. The number of ether oxygens (including phenoxy) is 1. The van der Waals surface area contributed by atoms with Gasteiger partial charge in [-0.05, 0) is 26.3 Å². The fourth-order valence-corrected chi connectivity index (χ4v) is 3.73. The van der Waals surface area contributed by atoms with E-state index < -0.39 is 0 Å². The quantitative estimate of drug-likeness (QED) is 0.598. The Morgan fingerprint density at radius 1 is 1.31 bits per heavy atom. The van der Waals surface area contributed by atoms with E-state index in [0.717, 1.165) is 17.7 Å². The number of fused-ring (bicyclic) bond motifs is 1. The van der Waals surface area contributed by atoms with Gasteiger partial charge in [0.15, 0.2) is 5.16 Å². The third kappa shape index (κ3) is 3.93. The first-order chi connectivity index (χ1) is 12.5. The largest absolute Gasteiger partial charge is 0.491 e. The number of aromatic amines is 1. The van der Waals surface area contributed by atoms with Crippen LogP contribution < -0.4 is 15.6 Å². The second kappa shape index (κ2) is 7.95. The molecule has 7 heteroatoms. The summed E-state index contributed by atoms with van der Waals surface area (Å²) in [5.74, 6) is 1.37. The molecule has 0 saturated heterocycles. The maximum atomic E-state index is 12.8. The van der Waals surface area contributed by atoms with Gasteiger partial charge in [0.05, 0.1) is 11.7 Å². The summed E-state index contributed by atoms with van der Waals surface area (Å²) in [6, 6.07) is 7.55. The number of amides is 1. The molecule has 3 rings (SSSR count). The lowest BCUT2D eigenvalue weighted by Crippen LogP contribution is -2.31. The highest BCUT2D eigenvalue weighted by atomic mass is 32.2. The Morgan fingerprint density at radius 3 is 2.81 bits per heavy atom. The zero-order valence-corrected chi connectivity index (χ0v) is 16.0. The Balaban J connectivity index is 2.07. The van der Waals surface area contributed by atoms with Gasteiger partial charge in [0, 0.05) is 23.7 Å². The highest BCUT2D eigenvalue weighted by Crippen LogP contribution is 2.38. The maximum Gasteiger partial charge on any atom is 0.257 e. The van der Waals surface area contributed by atoms with E-state index >= 15 is 0 Å². The smallest absolute Gasteiger partial charge is 0.257 e. The number of hydrogen-bond acceptors (Lipinski definition) is 5. The van der Waals surface area contributed by atoms with Crippen LogP contribution in [0.1, 0.15) is 50.7 Å². The van der Waals surface area contributed by atoms with Gasteiger partial charge in [0.2, 0.25) is 5.91 Å². The van der Waals surface area contributed by atoms with Gasteiger partial charge in [-0.1, -0.05) is 36.9 Å². The molecule has 1 atom stereocenters. The molecule has 0 saturated carbocycles. The van der Waals surface area contributed by atoms with E-state index in [0.29, 0.717) is 22.3 Å². The molecule has 0 spiro atoms. The molecule has 2 N–H and O–H groups in total. The first kappa shape index (κ1) is 18.5. The normalized spacial score (nSPS) is 16.3. The molecule has 2 aromatic rings. The van der Waals surface area contributed by atoms with E-state index in [1.54, 1.807) is 0 Å². The average molecular weight is 373 g/mol. The topological polar surface area (TPSA) is 84.1 Å². The van der Waals surface area contributed by atoms with Crippen LogP contribution in [0.2, 0.25) is 0 Å². The number of rotatable bonds is 6. The fraction of sp³-hybridized carbons (Fsp3) is 0.421. The van der Waals surface area contributed by atoms with Crippen molar-refractivity contribution in [3.8, 4) is 5.75 Å². The highest BCUT2D eigenvalue weighted by molar-refractivity contribution is 7.99. The lowest BCUT2D eigenvalue weighted by Gasteiger charge is -2.26. The van der Waals surface area contributed by atoms with E-state index in [1.165, 1.54) is 11.8 Å². The number of hydrogen-bond donors (Lipinski definition) is 2. The van der Waals surface area contributed by atoms with E-state index in [2.05, 4.69) is 22.2 Å². The van der Waals surface area contributed by atoms with E-state index in [1.807, 2.05) is 38.1 Å². The van der Waals surface area contributed by atoms with Gasteiger partial charge in [0.1, 0.15) is 11.6 Å². The molecular formula is C19H23N3O3S. The number of thioether (sulfide) groups is 1. The summed E-state index contributed by atoms with van der Waals surface area (Å²) in [7, 11) is 0. The summed E-state index contributed by atoms with van der Waals surface area (Å²) >= 11 is 1.47. The van der Waals surface area contributed by atoms with Gasteiger partial charge in [-0.25, -0.2) is 4.98 Å². The Hall–Kier alpha value is -2.28. The summed E-state index contributed by atoms with van der Waals surface area (Å²) in [5.41, 5.74) is 1.11. The Morgan fingerprint density at radius 2 is 2.08 bits per heavy atom. The summed E-state index contributed by atoms with van der Waals surface area (Å²) in [6.07, 6.45) is 1.16. The molecule has 0 fully saturated rings. The Bertz CT molecular complexity index is 863. The lowest BCUT2D eigenvalue weighted by molar-refractivity contribution is -0.116. The zero-order valence-electron chi connectivity index (χ0n) is 15.2. The molecule has 2 heterocycles. The van der Waals surface area contributed by atoms with E-state index in [4.69, 9.17) is 4.74 Å². The molecule has 0 radical (unpaired) electrons. The van der Waals surface area contributed by atoms with Crippen LogP contribution in [0.25, 0.3) is 0 Å². The standard InChI is InChI=1S/C19H23N3O3S/c1-4-9-26-19-21-17-16(18(24)22-19)13(10-15(23)20-17)12-7-5-6-8-14(12)25-11(2)3/h5-8,11,13H,4,9-10H2,1-3H3,(H2,20,21,22,23,24). The molecular weight excluding hydrogens is 350 g/mol. The number of carbonyl (C=O) groups is 1. The summed E-state index contributed by atoms with van der Waals surface area (Å²) in [6.45, 7) is 5.96. The van der Waals surface area contributed by atoms with Crippen LogP contribution in [-0.4, -0.2) is 27.7 Å². The van der Waals surface area contributed by atoms with Gasteiger partial charge in [-0.15, -0.1) is 0 Å². The molecule has 26 heavy (non-hydrogen) atoms. The van der Waals surface area contributed by atoms with Gasteiger partial charge < -0.3 is 15.0 Å². The third-order valence-electron chi connectivity index (χ3n) is 4.03. The van der Waals surface area contributed by atoms with E-state index in [9.17, 15) is 9.59 Å². The zero-order chi connectivity index (χ0) is 18.7. The Kier molecular flexibility index (Phi) is 5.66. The van der Waals surface area contributed by atoms with Crippen molar-refractivity contribution < 1.29 is 9.53 Å². The van der Waals surface area contributed by atoms with Gasteiger partial charge in [0.25, 0.3) is 5.56 Å². The van der Waals surface area contributed by atoms with Crippen molar-refractivity contribution >= 4 is 23.5 Å². The molecule has 1 aromatic heterocycles. The molecule has 1 aliphatic rings. The number of para-hydroxylation sites is 1. The number of carbonyl (C=O) groups excluding carboxylic acids is 1. The van der Waals surface area contributed by atoms with Crippen molar-refractivity contribution in [3.05, 3.63) is 45.7 Å². The molecule has 1 aliphatic heterocycles. The minimum absolute atomic E-state index is 0.00253. The van der Waals surface area contributed by atoms with Crippen LogP contribution in [0.3, 0.4) is 0 Å². The Labute approximate surface area is 156 Å². The summed E-state index contributed by atoms with van der Waals surface area (Å²) in [4.78, 5) is 32.4. The van der Waals surface area contributed by atoms with Crippen molar-refractivity contribution in [1.82, 2.24) is 9.97 Å². The fourth-order valence-electron chi connectivity index (χ4n) is 3.01. The maximum absolute atomic E-state index is 12.8. The molecule has 1 unspecified atom stereocenters. The van der Waals surface area contributed by atoms with Crippen LogP contribution >= 0.6 is 11.8 Å². The van der Waals surface area contributed by atoms with Crippen LogP contribution in [0, 0.1) is 0 Å². The number of benzene rings is 1.